The van der Waals surface area contributed by atoms with Gasteiger partial charge in [-0.25, -0.2) is 4.79 Å². The minimum absolute atomic E-state index is 0.0782. The highest BCUT2D eigenvalue weighted by Crippen LogP contribution is 2.19. The summed E-state index contributed by atoms with van der Waals surface area (Å²) in [5.41, 5.74) is 0. The summed E-state index contributed by atoms with van der Waals surface area (Å²) in [5, 5.41) is 11.9. The van der Waals surface area contributed by atoms with Gasteiger partial charge in [-0.3, -0.25) is 4.79 Å². The summed E-state index contributed by atoms with van der Waals surface area (Å²) in [6.45, 7) is 10.4. The summed E-state index contributed by atoms with van der Waals surface area (Å²) in [7, 11) is 0. The lowest BCUT2D eigenvalue weighted by atomic mass is 9.85. The third-order valence-corrected chi connectivity index (χ3v) is 4.10. The Balaban J connectivity index is 2.57. The van der Waals surface area contributed by atoms with Gasteiger partial charge in [-0.2, -0.15) is 0 Å². The van der Waals surface area contributed by atoms with Gasteiger partial charge in [0, 0.05) is 13.1 Å². The smallest absolute Gasteiger partial charge is 0.317 e. The molecule has 0 aliphatic carbocycles. The van der Waals surface area contributed by atoms with Crippen LogP contribution in [0.5, 0.6) is 0 Å². The van der Waals surface area contributed by atoms with Crippen LogP contribution < -0.4 is 5.32 Å². The van der Waals surface area contributed by atoms with E-state index in [0.717, 1.165) is 0 Å². The quantitative estimate of drug-likeness (QED) is 0.784. The Morgan fingerprint density at radius 2 is 1.90 bits per heavy atom. The van der Waals surface area contributed by atoms with E-state index in [1.807, 2.05) is 0 Å². The van der Waals surface area contributed by atoms with Crippen LogP contribution in [0.15, 0.2) is 0 Å². The summed E-state index contributed by atoms with van der Waals surface area (Å²) in [5.74, 6) is 0.480. The number of morpholine rings is 1. The molecule has 2 N–H and O–H groups in total. The molecule has 0 aromatic carbocycles. The third-order valence-electron chi connectivity index (χ3n) is 4.10. The molecule has 6 heteroatoms. The topological polar surface area (TPSA) is 78.9 Å². The van der Waals surface area contributed by atoms with Crippen molar-refractivity contribution in [2.24, 2.45) is 17.8 Å². The van der Waals surface area contributed by atoms with Gasteiger partial charge in [0.15, 0.2) is 0 Å². The molecule has 0 aromatic rings. The van der Waals surface area contributed by atoms with Gasteiger partial charge in [0.05, 0.1) is 25.7 Å². The molecular formula is C15H28N2O4. The minimum Gasteiger partial charge on any atom is -0.481 e. The maximum Gasteiger partial charge on any atom is 0.317 e. The molecule has 1 aliphatic rings. The SMILES string of the molecule is CC(C)C(CNC(=O)N1CCOCC1CC(=O)O)C(C)C. The lowest BCUT2D eigenvalue weighted by molar-refractivity contribution is -0.139. The molecule has 122 valence electrons. The molecule has 0 bridgehead atoms. The van der Waals surface area contributed by atoms with Crippen molar-refractivity contribution in [3.8, 4) is 0 Å². The van der Waals surface area contributed by atoms with Crippen LogP contribution in [0.3, 0.4) is 0 Å². The molecule has 0 radical (unpaired) electrons. The zero-order valence-electron chi connectivity index (χ0n) is 13.5. The lowest BCUT2D eigenvalue weighted by Gasteiger charge is -2.35. The number of hydrogen-bond donors (Lipinski definition) is 2. The van der Waals surface area contributed by atoms with Crippen molar-refractivity contribution in [1.29, 1.82) is 0 Å². The summed E-state index contributed by atoms with van der Waals surface area (Å²) in [6.07, 6.45) is -0.0782. The van der Waals surface area contributed by atoms with E-state index >= 15 is 0 Å². The molecule has 1 aliphatic heterocycles. The Bertz CT molecular complexity index is 350. The third kappa shape index (κ3) is 5.53. The molecule has 1 fully saturated rings. The van der Waals surface area contributed by atoms with Gasteiger partial charge < -0.3 is 20.1 Å². The van der Waals surface area contributed by atoms with Crippen LogP contribution in [0.25, 0.3) is 0 Å². The summed E-state index contributed by atoms with van der Waals surface area (Å²) >= 11 is 0. The minimum atomic E-state index is -0.912. The number of nitrogens with zero attached hydrogens (tertiary/aromatic N) is 1. The Morgan fingerprint density at radius 1 is 1.29 bits per heavy atom. The molecule has 1 unspecified atom stereocenters. The number of rotatable bonds is 6. The highest BCUT2D eigenvalue weighted by molar-refractivity contribution is 5.76. The fourth-order valence-corrected chi connectivity index (χ4v) is 2.84. The first-order valence-corrected chi connectivity index (χ1v) is 7.67. The maximum absolute atomic E-state index is 12.3. The molecule has 2 amide bonds. The van der Waals surface area contributed by atoms with Gasteiger partial charge >= 0.3 is 12.0 Å². The number of hydrogen-bond acceptors (Lipinski definition) is 3. The Hall–Kier alpha value is -1.30. The number of carboxylic acids is 1. The number of carbonyl (C=O) groups excluding carboxylic acids is 1. The number of nitrogens with one attached hydrogen (secondary N) is 1. The molecule has 0 saturated carbocycles. The zero-order valence-corrected chi connectivity index (χ0v) is 13.5. The van der Waals surface area contributed by atoms with E-state index in [4.69, 9.17) is 9.84 Å². The second kappa shape index (κ2) is 8.22. The molecule has 0 spiro atoms. The van der Waals surface area contributed by atoms with E-state index < -0.39 is 5.97 Å². The van der Waals surface area contributed by atoms with Gasteiger partial charge in [0.25, 0.3) is 0 Å². The van der Waals surface area contributed by atoms with Gasteiger partial charge in [-0.15, -0.1) is 0 Å². The van der Waals surface area contributed by atoms with Crippen molar-refractivity contribution < 1.29 is 19.4 Å². The lowest BCUT2D eigenvalue weighted by Crippen LogP contribution is -2.54. The van der Waals surface area contributed by atoms with Gasteiger partial charge in [0.1, 0.15) is 0 Å². The van der Waals surface area contributed by atoms with Crippen LogP contribution in [-0.4, -0.2) is 54.4 Å². The van der Waals surface area contributed by atoms with Gasteiger partial charge in [0.2, 0.25) is 0 Å². The van der Waals surface area contributed by atoms with Crippen molar-refractivity contribution in [2.45, 2.75) is 40.2 Å². The number of amides is 2. The second-order valence-corrected chi connectivity index (χ2v) is 6.36. The zero-order chi connectivity index (χ0) is 16.0. The van der Waals surface area contributed by atoms with E-state index in [2.05, 4.69) is 33.0 Å². The molecule has 6 nitrogen and oxygen atoms in total. The fraction of sp³-hybridized carbons (Fsp3) is 0.867. The largest absolute Gasteiger partial charge is 0.481 e. The highest BCUT2D eigenvalue weighted by Gasteiger charge is 2.29. The Morgan fingerprint density at radius 3 is 2.43 bits per heavy atom. The molecule has 1 heterocycles. The van der Waals surface area contributed by atoms with E-state index in [-0.39, 0.29) is 25.1 Å². The molecule has 1 atom stereocenters. The van der Waals surface area contributed by atoms with Crippen molar-refractivity contribution in [3.05, 3.63) is 0 Å². The normalized spacial score (nSPS) is 19.4. The summed E-state index contributed by atoms with van der Waals surface area (Å²) < 4.78 is 5.28. The van der Waals surface area contributed by atoms with E-state index in [1.54, 1.807) is 4.90 Å². The standard InChI is InChI=1S/C15H28N2O4/c1-10(2)13(11(3)4)8-16-15(20)17-5-6-21-9-12(17)7-14(18)19/h10-13H,5-9H2,1-4H3,(H,16,20)(H,18,19). The van der Waals surface area contributed by atoms with E-state index in [0.29, 0.717) is 37.5 Å². The number of carbonyl (C=O) groups is 2. The molecule has 1 saturated heterocycles. The van der Waals surface area contributed by atoms with Crippen molar-refractivity contribution in [1.82, 2.24) is 10.2 Å². The number of carboxylic acid groups (broad SMARTS) is 1. The van der Waals surface area contributed by atoms with Gasteiger partial charge in [-0.1, -0.05) is 27.7 Å². The Kier molecular flexibility index (Phi) is 6.95. The summed E-state index contributed by atoms with van der Waals surface area (Å²) in [6, 6.07) is -0.566. The van der Waals surface area contributed by atoms with Crippen LogP contribution in [0.2, 0.25) is 0 Å². The average Bonchev–Trinajstić information content (AvgIpc) is 2.37. The van der Waals surface area contributed by atoms with E-state index in [1.165, 1.54) is 0 Å². The fourth-order valence-electron chi connectivity index (χ4n) is 2.84. The second-order valence-electron chi connectivity index (χ2n) is 6.36. The molecule has 21 heavy (non-hydrogen) atoms. The number of ether oxygens (including phenoxy) is 1. The highest BCUT2D eigenvalue weighted by atomic mass is 16.5. The van der Waals surface area contributed by atoms with Crippen LogP contribution in [0, 0.1) is 17.8 Å². The maximum atomic E-state index is 12.3. The van der Waals surface area contributed by atoms with Crippen molar-refractivity contribution in [2.75, 3.05) is 26.3 Å². The predicted molar refractivity (Wildman–Crippen MR) is 80.1 cm³/mol. The first-order chi connectivity index (χ1) is 9.82. The number of aliphatic carboxylic acids is 1. The molecule has 0 aromatic heterocycles. The first-order valence-electron chi connectivity index (χ1n) is 7.67. The average molecular weight is 300 g/mol. The van der Waals surface area contributed by atoms with Gasteiger partial charge in [-0.05, 0) is 17.8 Å². The van der Waals surface area contributed by atoms with Crippen LogP contribution >= 0.6 is 0 Å². The Labute approximate surface area is 126 Å². The van der Waals surface area contributed by atoms with Crippen LogP contribution in [0.4, 0.5) is 4.79 Å². The van der Waals surface area contributed by atoms with Crippen LogP contribution in [-0.2, 0) is 9.53 Å². The van der Waals surface area contributed by atoms with Crippen molar-refractivity contribution in [3.63, 3.8) is 0 Å². The van der Waals surface area contributed by atoms with Crippen molar-refractivity contribution >= 4 is 12.0 Å². The summed E-state index contributed by atoms with van der Waals surface area (Å²) in [4.78, 5) is 24.8. The number of urea groups is 1. The first kappa shape index (κ1) is 17.8. The molecular weight excluding hydrogens is 272 g/mol. The van der Waals surface area contributed by atoms with E-state index in [9.17, 15) is 9.59 Å². The monoisotopic (exact) mass is 300 g/mol. The van der Waals surface area contributed by atoms with Crippen LogP contribution in [0.1, 0.15) is 34.1 Å². The predicted octanol–water partition coefficient (Wildman–Crippen LogP) is 1.80. The molecule has 1 rings (SSSR count).